The van der Waals surface area contributed by atoms with E-state index in [0.717, 1.165) is 16.9 Å². The molecule has 30 heavy (non-hydrogen) atoms. The van der Waals surface area contributed by atoms with E-state index < -0.39 is 10.8 Å². The van der Waals surface area contributed by atoms with Gasteiger partial charge in [-0.3, -0.25) is 19.7 Å². The number of nitro groups is 1. The molecule has 10 heteroatoms. The second-order valence-electron chi connectivity index (χ2n) is 7.03. The molecule has 1 aliphatic heterocycles. The van der Waals surface area contributed by atoms with Gasteiger partial charge in [0.05, 0.1) is 21.1 Å². The van der Waals surface area contributed by atoms with Crippen LogP contribution in [0, 0.1) is 21.8 Å². The fraction of sp³-hybridized carbons (Fsp3) is 0.250. The number of nitrogens with zero attached hydrogens (tertiary/aromatic N) is 3. The predicted molar refractivity (Wildman–Crippen MR) is 110 cm³/mol. The van der Waals surface area contributed by atoms with Gasteiger partial charge in [-0.05, 0) is 30.2 Å². The van der Waals surface area contributed by atoms with Gasteiger partial charge in [0.1, 0.15) is 5.82 Å². The first kappa shape index (κ1) is 19.9. The lowest BCUT2D eigenvalue weighted by Crippen LogP contribution is -2.30. The zero-order valence-corrected chi connectivity index (χ0v) is 16.5. The Morgan fingerprint density at radius 1 is 1.30 bits per heavy atom. The minimum absolute atomic E-state index is 0.0396. The molecule has 1 N–H and O–H groups in total. The molecule has 0 spiro atoms. The van der Waals surface area contributed by atoms with Gasteiger partial charge in [-0.25, -0.2) is 9.37 Å². The molecule has 1 aliphatic rings. The Morgan fingerprint density at radius 2 is 2.07 bits per heavy atom. The van der Waals surface area contributed by atoms with Crippen LogP contribution in [0.2, 0.25) is 0 Å². The van der Waals surface area contributed by atoms with Crippen molar-refractivity contribution >= 4 is 44.2 Å². The van der Waals surface area contributed by atoms with Gasteiger partial charge in [0.25, 0.3) is 5.69 Å². The molecule has 154 valence electrons. The molecule has 1 aromatic heterocycles. The van der Waals surface area contributed by atoms with Crippen LogP contribution in [0.15, 0.2) is 42.5 Å². The van der Waals surface area contributed by atoms with E-state index in [0.29, 0.717) is 34.9 Å². The van der Waals surface area contributed by atoms with E-state index in [4.69, 9.17) is 0 Å². The average molecular weight is 428 g/mol. The van der Waals surface area contributed by atoms with Crippen molar-refractivity contribution in [3.8, 4) is 0 Å². The van der Waals surface area contributed by atoms with Gasteiger partial charge in [0.2, 0.25) is 11.8 Å². The van der Waals surface area contributed by atoms with Gasteiger partial charge in [-0.15, -0.1) is 0 Å². The molecular formula is C20H17FN4O4S. The maximum atomic E-state index is 13.0. The zero-order valence-electron chi connectivity index (χ0n) is 15.7. The standard InChI is InChI=1S/C20H17FN4O4S/c21-14-3-1-12(2-4-14)7-8-24-11-13(9-18(24)26)19(27)23-20-22-16-6-5-15(25(28)29)10-17(16)30-20/h1-6,10,13H,7-9,11H2,(H,22,23,27)/t13-/m1/s1. The molecule has 2 amide bonds. The van der Waals surface area contributed by atoms with Crippen molar-refractivity contribution in [1.29, 1.82) is 0 Å². The molecule has 3 aromatic rings. The summed E-state index contributed by atoms with van der Waals surface area (Å²) in [6.07, 6.45) is 0.697. The lowest BCUT2D eigenvalue weighted by Gasteiger charge is -2.16. The number of amides is 2. The number of hydrogen-bond acceptors (Lipinski definition) is 6. The number of anilines is 1. The van der Waals surface area contributed by atoms with Gasteiger partial charge in [-0.1, -0.05) is 23.5 Å². The highest BCUT2D eigenvalue weighted by Crippen LogP contribution is 2.30. The molecule has 0 radical (unpaired) electrons. The number of carbonyl (C=O) groups is 2. The molecule has 1 fully saturated rings. The third-order valence-corrected chi connectivity index (χ3v) is 5.92. The maximum absolute atomic E-state index is 13.0. The fourth-order valence-corrected chi connectivity index (χ4v) is 4.27. The smallest absolute Gasteiger partial charge is 0.270 e. The highest BCUT2D eigenvalue weighted by molar-refractivity contribution is 7.22. The quantitative estimate of drug-likeness (QED) is 0.479. The molecule has 1 saturated heterocycles. The minimum Gasteiger partial charge on any atom is -0.342 e. The molecule has 8 nitrogen and oxygen atoms in total. The van der Waals surface area contributed by atoms with E-state index in [1.165, 1.54) is 30.3 Å². The van der Waals surface area contributed by atoms with Crippen LogP contribution in [-0.4, -0.2) is 39.7 Å². The molecule has 0 saturated carbocycles. The van der Waals surface area contributed by atoms with Crippen molar-refractivity contribution in [1.82, 2.24) is 9.88 Å². The lowest BCUT2D eigenvalue weighted by molar-refractivity contribution is -0.384. The molecule has 2 aromatic carbocycles. The largest absolute Gasteiger partial charge is 0.342 e. The Morgan fingerprint density at radius 3 is 2.80 bits per heavy atom. The molecule has 0 unspecified atom stereocenters. The summed E-state index contributed by atoms with van der Waals surface area (Å²) in [6.45, 7) is 0.765. The van der Waals surface area contributed by atoms with Crippen LogP contribution >= 0.6 is 11.3 Å². The Kier molecular flexibility index (Phi) is 5.40. The number of halogens is 1. The number of carbonyl (C=O) groups excluding carboxylic acids is 2. The highest BCUT2D eigenvalue weighted by Gasteiger charge is 2.34. The lowest BCUT2D eigenvalue weighted by atomic mass is 10.1. The van der Waals surface area contributed by atoms with E-state index in [2.05, 4.69) is 10.3 Å². The number of thiazole rings is 1. The van der Waals surface area contributed by atoms with E-state index in [1.807, 2.05) is 0 Å². The number of hydrogen-bond donors (Lipinski definition) is 1. The number of fused-ring (bicyclic) bond motifs is 1. The Balaban J connectivity index is 1.37. The number of aromatic nitrogens is 1. The first-order valence-electron chi connectivity index (χ1n) is 9.27. The first-order chi connectivity index (χ1) is 14.4. The summed E-state index contributed by atoms with van der Waals surface area (Å²) in [4.78, 5) is 41.2. The van der Waals surface area contributed by atoms with Crippen LogP contribution in [-0.2, 0) is 16.0 Å². The highest BCUT2D eigenvalue weighted by atomic mass is 32.1. The van der Waals surface area contributed by atoms with Gasteiger partial charge >= 0.3 is 0 Å². The van der Waals surface area contributed by atoms with E-state index in [1.54, 1.807) is 17.0 Å². The first-order valence-corrected chi connectivity index (χ1v) is 10.1. The summed E-state index contributed by atoms with van der Waals surface area (Å²) in [6, 6.07) is 10.4. The van der Waals surface area contributed by atoms with Gasteiger partial charge in [0, 0.05) is 31.6 Å². The summed E-state index contributed by atoms with van der Waals surface area (Å²) in [7, 11) is 0. The molecule has 0 bridgehead atoms. The minimum atomic E-state index is -0.493. The van der Waals surface area contributed by atoms with E-state index >= 15 is 0 Å². The monoisotopic (exact) mass is 428 g/mol. The molecular weight excluding hydrogens is 411 g/mol. The van der Waals surface area contributed by atoms with Crippen molar-refractivity contribution in [2.75, 3.05) is 18.4 Å². The fourth-order valence-electron chi connectivity index (χ4n) is 3.37. The van der Waals surface area contributed by atoms with Crippen molar-refractivity contribution in [2.24, 2.45) is 5.92 Å². The normalized spacial score (nSPS) is 16.2. The second-order valence-corrected chi connectivity index (χ2v) is 8.07. The summed E-state index contributed by atoms with van der Waals surface area (Å²) in [5, 5.41) is 14.0. The third-order valence-electron chi connectivity index (χ3n) is 4.98. The van der Waals surface area contributed by atoms with Crippen LogP contribution in [0.5, 0.6) is 0 Å². The summed E-state index contributed by atoms with van der Waals surface area (Å²) >= 11 is 1.15. The number of likely N-dealkylation sites (tertiary alicyclic amines) is 1. The van der Waals surface area contributed by atoms with Crippen molar-refractivity contribution in [3.63, 3.8) is 0 Å². The average Bonchev–Trinajstić information content (AvgIpc) is 3.29. The van der Waals surface area contributed by atoms with Crippen LogP contribution < -0.4 is 5.32 Å². The van der Waals surface area contributed by atoms with Gasteiger partial charge in [-0.2, -0.15) is 0 Å². The third kappa shape index (κ3) is 4.28. The SMILES string of the molecule is O=C(Nc1nc2ccc([N+](=O)[O-])cc2s1)[C@@H]1CC(=O)N(CCc2ccc(F)cc2)C1. The van der Waals surface area contributed by atoms with Crippen LogP contribution in [0.3, 0.4) is 0 Å². The number of benzene rings is 2. The molecule has 1 atom stereocenters. The Bertz CT molecular complexity index is 1130. The number of non-ortho nitro benzene ring substituents is 1. The zero-order chi connectivity index (χ0) is 21.3. The van der Waals surface area contributed by atoms with Crippen molar-refractivity contribution in [2.45, 2.75) is 12.8 Å². The summed E-state index contributed by atoms with van der Waals surface area (Å²) < 4.78 is 13.6. The van der Waals surface area contributed by atoms with Gasteiger partial charge < -0.3 is 10.2 Å². The number of nitro benzene ring substituents is 1. The molecule has 0 aliphatic carbocycles. The molecule has 2 heterocycles. The Hall–Kier alpha value is -3.40. The van der Waals surface area contributed by atoms with Crippen molar-refractivity contribution in [3.05, 3.63) is 64.0 Å². The van der Waals surface area contributed by atoms with Crippen LogP contribution in [0.1, 0.15) is 12.0 Å². The Labute approximate surface area is 174 Å². The number of nitrogens with one attached hydrogen (secondary N) is 1. The van der Waals surface area contributed by atoms with Crippen LogP contribution in [0.25, 0.3) is 10.2 Å². The van der Waals surface area contributed by atoms with E-state index in [-0.39, 0.29) is 29.7 Å². The second kappa shape index (κ2) is 8.15. The van der Waals surface area contributed by atoms with Crippen molar-refractivity contribution < 1.29 is 18.9 Å². The number of rotatable bonds is 6. The maximum Gasteiger partial charge on any atom is 0.270 e. The topological polar surface area (TPSA) is 105 Å². The van der Waals surface area contributed by atoms with E-state index in [9.17, 15) is 24.1 Å². The molecule has 4 rings (SSSR count). The summed E-state index contributed by atoms with van der Waals surface area (Å²) in [5.74, 6) is -1.21. The summed E-state index contributed by atoms with van der Waals surface area (Å²) in [5.41, 5.74) is 1.44. The van der Waals surface area contributed by atoms with Crippen LogP contribution in [0.4, 0.5) is 15.2 Å². The van der Waals surface area contributed by atoms with Gasteiger partial charge in [0.15, 0.2) is 5.13 Å². The predicted octanol–water partition coefficient (Wildman–Crippen LogP) is 3.37.